The van der Waals surface area contributed by atoms with Gasteiger partial charge in [-0.15, -0.1) is 0 Å². The maximum atomic E-state index is 12.4. The SMILES string of the molecule is O=C(N[C@@H]1CCN(Cc2ccc(-c3nc4n[nH]c(O)c4nc3-c3ccccc3)cc2)C1)C1CN=CS1. The summed E-state index contributed by atoms with van der Waals surface area (Å²) in [6, 6.07) is 18.3. The smallest absolute Gasteiger partial charge is 0.235 e. The molecule has 0 bridgehead atoms. The van der Waals surface area contributed by atoms with Crippen molar-refractivity contribution in [2.75, 3.05) is 19.6 Å². The molecule has 1 amide bonds. The number of H-pyrrole nitrogens is 1. The number of benzene rings is 2. The number of fused-ring (bicyclic) bond motifs is 1. The first kappa shape index (κ1) is 22.7. The normalized spacial score (nSPS) is 19.8. The van der Waals surface area contributed by atoms with Crippen LogP contribution in [-0.2, 0) is 11.3 Å². The van der Waals surface area contributed by atoms with Crippen molar-refractivity contribution in [1.29, 1.82) is 0 Å². The lowest BCUT2D eigenvalue weighted by Crippen LogP contribution is -2.42. The molecule has 2 aliphatic heterocycles. The number of likely N-dealkylation sites (tertiary alicyclic amines) is 1. The van der Waals surface area contributed by atoms with Crippen molar-refractivity contribution in [3.63, 3.8) is 0 Å². The van der Waals surface area contributed by atoms with Gasteiger partial charge < -0.3 is 10.4 Å². The zero-order valence-corrected chi connectivity index (χ0v) is 20.3. The van der Waals surface area contributed by atoms with Crippen molar-refractivity contribution in [2.24, 2.45) is 4.99 Å². The predicted molar refractivity (Wildman–Crippen MR) is 141 cm³/mol. The van der Waals surface area contributed by atoms with Gasteiger partial charge in [0, 0.05) is 36.8 Å². The first-order chi connectivity index (χ1) is 17.6. The van der Waals surface area contributed by atoms with Crippen LogP contribution in [0, 0.1) is 0 Å². The third kappa shape index (κ3) is 4.57. The highest BCUT2D eigenvalue weighted by Crippen LogP contribution is 2.32. The summed E-state index contributed by atoms with van der Waals surface area (Å²) < 4.78 is 0. The summed E-state index contributed by atoms with van der Waals surface area (Å²) in [6.07, 6.45) is 0.953. The van der Waals surface area contributed by atoms with Gasteiger partial charge in [-0.05, 0) is 12.0 Å². The van der Waals surface area contributed by atoms with E-state index in [4.69, 9.17) is 4.98 Å². The van der Waals surface area contributed by atoms with E-state index in [0.29, 0.717) is 29.1 Å². The van der Waals surface area contributed by atoms with Crippen molar-refractivity contribution >= 4 is 34.4 Å². The van der Waals surface area contributed by atoms with Crippen LogP contribution in [0.3, 0.4) is 0 Å². The Morgan fingerprint density at radius 3 is 2.64 bits per heavy atom. The maximum absolute atomic E-state index is 12.4. The average molecular weight is 500 g/mol. The highest BCUT2D eigenvalue weighted by molar-refractivity contribution is 8.13. The third-order valence-electron chi connectivity index (χ3n) is 6.53. The van der Waals surface area contributed by atoms with Crippen LogP contribution in [0.4, 0.5) is 0 Å². The number of amides is 1. The molecule has 0 saturated carbocycles. The monoisotopic (exact) mass is 499 g/mol. The second-order valence-corrected chi connectivity index (χ2v) is 10.1. The Kier molecular flexibility index (Phi) is 6.12. The minimum atomic E-state index is -0.0907. The van der Waals surface area contributed by atoms with Crippen LogP contribution in [0.15, 0.2) is 59.6 Å². The van der Waals surface area contributed by atoms with Crippen molar-refractivity contribution in [3.05, 3.63) is 60.2 Å². The number of nitrogens with one attached hydrogen (secondary N) is 2. The summed E-state index contributed by atoms with van der Waals surface area (Å²) in [5.41, 5.74) is 6.93. The molecular formula is C26H25N7O2S. The summed E-state index contributed by atoms with van der Waals surface area (Å²) >= 11 is 1.49. The van der Waals surface area contributed by atoms with E-state index in [2.05, 4.69) is 54.7 Å². The third-order valence-corrected chi connectivity index (χ3v) is 7.49. The molecule has 0 radical (unpaired) electrons. The quantitative estimate of drug-likeness (QED) is 0.373. The number of aromatic hydroxyl groups is 1. The highest BCUT2D eigenvalue weighted by Gasteiger charge is 2.28. The molecule has 1 unspecified atom stereocenters. The summed E-state index contributed by atoms with van der Waals surface area (Å²) in [6.45, 7) is 3.18. The van der Waals surface area contributed by atoms with Crippen molar-refractivity contribution in [3.8, 4) is 28.4 Å². The van der Waals surface area contributed by atoms with Gasteiger partial charge in [0.1, 0.15) is 5.25 Å². The number of rotatable bonds is 6. The van der Waals surface area contributed by atoms with Crippen LogP contribution < -0.4 is 5.32 Å². The number of hydrogen-bond donors (Lipinski definition) is 3. The largest absolute Gasteiger partial charge is 0.492 e. The highest BCUT2D eigenvalue weighted by atomic mass is 32.2. The van der Waals surface area contributed by atoms with Crippen molar-refractivity contribution in [2.45, 2.75) is 24.3 Å². The fraction of sp³-hybridized carbons (Fsp3) is 0.269. The molecule has 2 aliphatic rings. The molecule has 10 heteroatoms. The first-order valence-electron chi connectivity index (χ1n) is 11.9. The van der Waals surface area contributed by atoms with E-state index < -0.39 is 0 Å². The Balaban J connectivity index is 1.18. The lowest BCUT2D eigenvalue weighted by Gasteiger charge is -2.18. The minimum absolute atomic E-state index is 0.0832. The minimum Gasteiger partial charge on any atom is -0.492 e. The lowest BCUT2D eigenvalue weighted by atomic mass is 10.0. The molecule has 4 aromatic rings. The van der Waals surface area contributed by atoms with E-state index in [0.717, 1.165) is 37.2 Å². The molecule has 0 aliphatic carbocycles. The molecule has 1 fully saturated rings. The number of aromatic amines is 1. The van der Waals surface area contributed by atoms with E-state index in [1.807, 2.05) is 30.3 Å². The number of hydrogen-bond acceptors (Lipinski definition) is 8. The Morgan fingerprint density at radius 1 is 1.08 bits per heavy atom. The number of nitrogens with zero attached hydrogens (tertiary/aromatic N) is 5. The van der Waals surface area contributed by atoms with Gasteiger partial charge in [0.05, 0.1) is 23.5 Å². The van der Waals surface area contributed by atoms with E-state index in [1.165, 1.54) is 17.3 Å². The van der Waals surface area contributed by atoms with Crippen LogP contribution in [0.5, 0.6) is 5.88 Å². The zero-order valence-electron chi connectivity index (χ0n) is 19.5. The Hall–Kier alpha value is -3.76. The molecule has 2 atom stereocenters. The second-order valence-electron chi connectivity index (χ2n) is 9.05. The number of aromatic nitrogens is 4. The fourth-order valence-corrected chi connectivity index (χ4v) is 5.36. The summed E-state index contributed by atoms with van der Waals surface area (Å²) in [7, 11) is 0. The van der Waals surface area contributed by atoms with Gasteiger partial charge in [0.2, 0.25) is 17.4 Å². The molecule has 4 heterocycles. The summed E-state index contributed by atoms with van der Waals surface area (Å²) in [4.78, 5) is 28.3. The van der Waals surface area contributed by atoms with Gasteiger partial charge in [-0.25, -0.2) is 15.1 Å². The van der Waals surface area contributed by atoms with Crippen LogP contribution in [-0.4, -0.2) is 72.6 Å². The molecule has 6 rings (SSSR count). The van der Waals surface area contributed by atoms with Crippen LogP contribution in [0.25, 0.3) is 33.7 Å². The van der Waals surface area contributed by atoms with Gasteiger partial charge in [-0.2, -0.15) is 5.10 Å². The van der Waals surface area contributed by atoms with E-state index in [9.17, 15) is 9.90 Å². The molecule has 182 valence electrons. The second kappa shape index (κ2) is 9.71. The number of carbonyl (C=O) groups excluding carboxylic acids is 1. The van der Waals surface area contributed by atoms with Crippen LogP contribution in [0.2, 0.25) is 0 Å². The molecule has 9 nitrogen and oxygen atoms in total. The molecule has 1 saturated heterocycles. The van der Waals surface area contributed by atoms with E-state index >= 15 is 0 Å². The number of carbonyl (C=O) groups is 1. The molecule has 0 spiro atoms. The fourth-order valence-electron chi connectivity index (χ4n) is 4.68. The maximum Gasteiger partial charge on any atom is 0.235 e. The molecular weight excluding hydrogens is 474 g/mol. The van der Waals surface area contributed by atoms with Gasteiger partial charge in [-0.3, -0.25) is 14.7 Å². The molecule has 36 heavy (non-hydrogen) atoms. The van der Waals surface area contributed by atoms with Gasteiger partial charge in [-0.1, -0.05) is 66.4 Å². The topological polar surface area (TPSA) is 119 Å². The van der Waals surface area contributed by atoms with Crippen molar-refractivity contribution in [1.82, 2.24) is 30.4 Å². The standard InChI is InChI=1S/C26H25N7O2S/c34-25(20-12-27-15-36-20)28-19-10-11-33(14-19)13-16-6-8-18(9-7-16)22-21(17-4-2-1-3-5-17)29-23-24(30-22)31-32-26(23)35/h1-9,15,19-20H,10-14H2,(H,28,34)(H2,30,31,32,35)/t19-,20?/m1/s1. The Morgan fingerprint density at radius 2 is 1.86 bits per heavy atom. The Labute approximate surface area is 212 Å². The van der Waals surface area contributed by atoms with Gasteiger partial charge in [0.25, 0.3) is 0 Å². The predicted octanol–water partition coefficient (Wildman–Crippen LogP) is 3.23. The zero-order chi connectivity index (χ0) is 24.5. The van der Waals surface area contributed by atoms with Gasteiger partial charge in [0.15, 0.2) is 5.52 Å². The molecule has 2 aromatic carbocycles. The van der Waals surface area contributed by atoms with Gasteiger partial charge >= 0.3 is 0 Å². The van der Waals surface area contributed by atoms with E-state index in [1.54, 1.807) is 5.55 Å². The first-order valence-corrected chi connectivity index (χ1v) is 12.8. The number of thioether (sulfide) groups is 1. The van der Waals surface area contributed by atoms with Crippen LogP contribution in [0.1, 0.15) is 12.0 Å². The van der Waals surface area contributed by atoms with E-state index in [-0.39, 0.29) is 23.1 Å². The summed E-state index contributed by atoms with van der Waals surface area (Å²) in [5, 5.41) is 19.8. The average Bonchev–Trinajstić information content (AvgIpc) is 3.67. The van der Waals surface area contributed by atoms with Crippen molar-refractivity contribution < 1.29 is 9.90 Å². The Bertz CT molecular complexity index is 1410. The summed E-state index contributed by atoms with van der Waals surface area (Å²) in [5.74, 6) is -0.00162. The lowest BCUT2D eigenvalue weighted by molar-refractivity contribution is -0.121. The molecule has 3 N–H and O–H groups in total. The molecule has 2 aromatic heterocycles. The number of aliphatic imine (C=N–C) groups is 1. The van der Waals surface area contributed by atoms with Crippen LogP contribution >= 0.6 is 11.8 Å².